The van der Waals surface area contributed by atoms with Gasteiger partial charge in [-0.1, -0.05) is 0 Å². The second-order valence-electron chi connectivity index (χ2n) is 2.49. The summed E-state index contributed by atoms with van der Waals surface area (Å²) in [4.78, 5) is 10.7. The number of carbonyl (C=O) groups is 1. The Morgan fingerprint density at radius 2 is 2.38 bits per heavy atom. The van der Waals surface area contributed by atoms with Gasteiger partial charge in [0, 0.05) is 12.8 Å². The number of hydrogen-bond donors (Lipinski definition) is 0. The fourth-order valence-electron chi connectivity index (χ4n) is 1.32. The van der Waals surface area contributed by atoms with Crippen molar-refractivity contribution in [2.45, 2.75) is 31.5 Å². The van der Waals surface area contributed by atoms with Crippen LogP contribution in [0.4, 0.5) is 0 Å². The lowest BCUT2D eigenvalue weighted by Gasteiger charge is -2.39. The normalized spacial score (nSPS) is 43.8. The SMILES string of the molecule is O=C1CC[C@@H]2C[C@H]1O2. The van der Waals surface area contributed by atoms with E-state index in [0.29, 0.717) is 11.9 Å². The van der Waals surface area contributed by atoms with E-state index in [1.54, 1.807) is 0 Å². The van der Waals surface area contributed by atoms with Gasteiger partial charge in [0.1, 0.15) is 6.10 Å². The third kappa shape index (κ3) is 0.436. The van der Waals surface area contributed by atoms with E-state index in [1.807, 2.05) is 0 Å². The number of ketones is 1. The lowest BCUT2D eigenvalue weighted by Crippen LogP contribution is -2.47. The van der Waals surface area contributed by atoms with Gasteiger partial charge in [0.05, 0.1) is 6.10 Å². The van der Waals surface area contributed by atoms with Gasteiger partial charge in [-0.05, 0) is 6.42 Å². The van der Waals surface area contributed by atoms with Gasteiger partial charge in [-0.25, -0.2) is 0 Å². The molecule has 0 aromatic carbocycles. The van der Waals surface area contributed by atoms with E-state index in [9.17, 15) is 4.79 Å². The molecule has 0 spiro atoms. The van der Waals surface area contributed by atoms with Crippen molar-refractivity contribution in [3.63, 3.8) is 0 Å². The Labute approximate surface area is 47.8 Å². The molecule has 2 nitrogen and oxygen atoms in total. The third-order valence-corrected chi connectivity index (χ3v) is 1.91. The zero-order valence-electron chi connectivity index (χ0n) is 4.59. The molecule has 3 fully saturated rings. The predicted molar refractivity (Wildman–Crippen MR) is 27.5 cm³/mol. The highest BCUT2D eigenvalue weighted by molar-refractivity contribution is 5.85. The zero-order valence-corrected chi connectivity index (χ0v) is 4.59. The third-order valence-electron chi connectivity index (χ3n) is 1.91. The van der Waals surface area contributed by atoms with E-state index in [4.69, 9.17) is 4.74 Å². The van der Waals surface area contributed by atoms with Gasteiger partial charge in [0.2, 0.25) is 0 Å². The average molecular weight is 112 g/mol. The summed E-state index contributed by atoms with van der Waals surface area (Å²) in [5.41, 5.74) is 0. The van der Waals surface area contributed by atoms with Crippen LogP contribution in [0.25, 0.3) is 0 Å². The second-order valence-corrected chi connectivity index (χ2v) is 2.49. The lowest BCUT2D eigenvalue weighted by atomic mass is 9.88. The molecular formula is C6H8O2. The highest BCUT2D eigenvalue weighted by Gasteiger charge is 2.39. The highest BCUT2D eigenvalue weighted by atomic mass is 16.5. The molecule has 2 aliphatic heterocycles. The quantitative estimate of drug-likeness (QED) is 0.456. The van der Waals surface area contributed by atoms with Crippen LogP contribution in [-0.4, -0.2) is 18.0 Å². The van der Waals surface area contributed by atoms with Gasteiger partial charge in [0.25, 0.3) is 0 Å². The van der Waals surface area contributed by atoms with Crippen LogP contribution in [0.15, 0.2) is 0 Å². The first-order valence-corrected chi connectivity index (χ1v) is 3.04. The molecule has 2 atom stereocenters. The van der Waals surface area contributed by atoms with E-state index in [-0.39, 0.29) is 6.10 Å². The smallest absolute Gasteiger partial charge is 0.161 e. The fourth-order valence-corrected chi connectivity index (χ4v) is 1.32. The van der Waals surface area contributed by atoms with Crippen molar-refractivity contribution in [3.05, 3.63) is 0 Å². The Bertz CT molecular complexity index is 122. The van der Waals surface area contributed by atoms with E-state index >= 15 is 0 Å². The van der Waals surface area contributed by atoms with Crippen molar-refractivity contribution >= 4 is 5.78 Å². The topological polar surface area (TPSA) is 26.3 Å². The molecule has 0 aromatic rings. The van der Waals surface area contributed by atoms with Gasteiger partial charge in [-0.15, -0.1) is 0 Å². The Kier molecular flexibility index (Phi) is 0.742. The zero-order chi connectivity index (χ0) is 5.56. The van der Waals surface area contributed by atoms with Gasteiger partial charge in [-0.2, -0.15) is 0 Å². The minimum atomic E-state index is 0.00810. The second kappa shape index (κ2) is 1.32. The largest absolute Gasteiger partial charge is 0.367 e. The number of hydrogen-bond acceptors (Lipinski definition) is 2. The average Bonchev–Trinajstić information content (AvgIpc) is 1.62. The van der Waals surface area contributed by atoms with Crippen molar-refractivity contribution < 1.29 is 9.53 Å². The van der Waals surface area contributed by atoms with Crippen molar-refractivity contribution in [1.29, 1.82) is 0 Å². The Morgan fingerprint density at radius 3 is 2.62 bits per heavy atom. The highest BCUT2D eigenvalue weighted by Crippen LogP contribution is 2.31. The van der Waals surface area contributed by atoms with Gasteiger partial charge >= 0.3 is 0 Å². The van der Waals surface area contributed by atoms with Crippen LogP contribution in [0, 0.1) is 0 Å². The Balaban J connectivity index is 2.10. The molecule has 1 saturated carbocycles. The molecule has 2 saturated heterocycles. The molecule has 2 bridgehead atoms. The van der Waals surface area contributed by atoms with Crippen LogP contribution in [0.3, 0.4) is 0 Å². The molecule has 3 rings (SSSR count). The maximum absolute atomic E-state index is 10.7. The first-order chi connectivity index (χ1) is 3.86. The minimum Gasteiger partial charge on any atom is -0.367 e. The van der Waals surface area contributed by atoms with E-state index in [0.717, 1.165) is 19.3 Å². The van der Waals surface area contributed by atoms with Crippen LogP contribution in [0.1, 0.15) is 19.3 Å². The molecule has 2 heterocycles. The van der Waals surface area contributed by atoms with Crippen molar-refractivity contribution in [2.75, 3.05) is 0 Å². The van der Waals surface area contributed by atoms with Crippen molar-refractivity contribution in [1.82, 2.24) is 0 Å². The molecule has 1 aliphatic carbocycles. The summed E-state index contributed by atoms with van der Waals surface area (Å²) in [5, 5.41) is 0. The van der Waals surface area contributed by atoms with Crippen molar-refractivity contribution in [3.8, 4) is 0 Å². The maximum atomic E-state index is 10.7. The summed E-state index contributed by atoms with van der Waals surface area (Å²) in [7, 11) is 0. The Morgan fingerprint density at radius 1 is 1.62 bits per heavy atom. The number of rotatable bonds is 0. The van der Waals surface area contributed by atoms with E-state index in [2.05, 4.69) is 0 Å². The first kappa shape index (κ1) is 4.50. The molecule has 44 valence electrons. The summed E-state index contributed by atoms with van der Waals surface area (Å²) in [6.45, 7) is 0. The van der Waals surface area contributed by atoms with Crippen molar-refractivity contribution in [2.24, 2.45) is 0 Å². The van der Waals surface area contributed by atoms with Gasteiger partial charge in [-0.3, -0.25) is 4.79 Å². The van der Waals surface area contributed by atoms with Crippen LogP contribution in [-0.2, 0) is 9.53 Å². The van der Waals surface area contributed by atoms with Crippen LogP contribution >= 0.6 is 0 Å². The molecular weight excluding hydrogens is 104 g/mol. The molecule has 3 aliphatic rings. The molecule has 0 aromatic heterocycles. The van der Waals surface area contributed by atoms with E-state index in [1.165, 1.54) is 0 Å². The summed E-state index contributed by atoms with van der Waals surface area (Å²) in [6, 6.07) is 0. The number of carbonyl (C=O) groups excluding carboxylic acids is 1. The fraction of sp³-hybridized carbons (Fsp3) is 0.833. The molecule has 0 radical (unpaired) electrons. The van der Waals surface area contributed by atoms with Crippen LogP contribution in [0.2, 0.25) is 0 Å². The summed E-state index contributed by atoms with van der Waals surface area (Å²) < 4.78 is 5.14. The van der Waals surface area contributed by atoms with Gasteiger partial charge < -0.3 is 4.74 Å². The van der Waals surface area contributed by atoms with E-state index < -0.39 is 0 Å². The monoisotopic (exact) mass is 112 g/mol. The summed E-state index contributed by atoms with van der Waals surface area (Å²) in [6.07, 6.45) is 3.18. The number of Topliss-reactive ketones (excluding diaryl/α,β-unsaturated/α-hetero) is 1. The van der Waals surface area contributed by atoms with Gasteiger partial charge in [0.15, 0.2) is 5.78 Å². The Hall–Kier alpha value is -0.370. The summed E-state index contributed by atoms with van der Waals surface area (Å²) in [5.74, 6) is 0.313. The maximum Gasteiger partial charge on any atom is 0.161 e. The first-order valence-electron chi connectivity index (χ1n) is 3.04. The predicted octanol–water partition coefficient (Wildman–Crippen LogP) is 0.507. The molecule has 0 amide bonds. The van der Waals surface area contributed by atoms with Crippen LogP contribution in [0.5, 0.6) is 0 Å². The molecule has 2 heteroatoms. The minimum absolute atomic E-state index is 0.00810. The number of fused-ring (bicyclic) bond motifs is 2. The molecule has 8 heavy (non-hydrogen) atoms. The molecule has 0 N–H and O–H groups in total. The lowest BCUT2D eigenvalue weighted by molar-refractivity contribution is -0.175. The van der Waals surface area contributed by atoms with Crippen LogP contribution < -0.4 is 0 Å². The summed E-state index contributed by atoms with van der Waals surface area (Å²) >= 11 is 0. The molecule has 0 unspecified atom stereocenters. The number of ether oxygens (including phenoxy) is 1. The standard InChI is InChI=1S/C6H8O2/c7-5-2-1-4-3-6(5)8-4/h4,6H,1-3H2/t4-,6-/m1/s1.